The number of hydrogen-bond acceptors (Lipinski definition) is 4. The van der Waals surface area contributed by atoms with Gasteiger partial charge in [-0.2, -0.15) is 23.5 Å². The molecule has 0 bridgehead atoms. The van der Waals surface area contributed by atoms with Crippen molar-refractivity contribution < 1.29 is 18.0 Å². The van der Waals surface area contributed by atoms with E-state index in [0.717, 1.165) is 16.9 Å². The number of halogens is 3. The summed E-state index contributed by atoms with van der Waals surface area (Å²) in [6.07, 6.45) is -3.48. The topological polar surface area (TPSA) is 82.7 Å². The summed E-state index contributed by atoms with van der Waals surface area (Å²) in [5, 5.41) is 12.0. The average molecular weight is 335 g/mol. The number of carbonyl (C=O) groups excluding carboxylic acids is 1. The second-order valence-electron chi connectivity index (χ2n) is 4.74. The Morgan fingerprint density at radius 3 is 2.46 bits per heavy atom. The molecule has 0 atom stereocenters. The maximum Gasteiger partial charge on any atom is 0.435 e. The minimum Gasteiger partial charge on any atom is -0.299 e. The molecule has 124 valence electrons. The molecular weight excluding hydrogens is 323 g/mol. The zero-order valence-electron chi connectivity index (χ0n) is 12.3. The van der Waals surface area contributed by atoms with E-state index in [1.807, 2.05) is 6.07 Å². The summed E-state index contributed by atoms with van der Waals surface area (Å²) in [6, 6.07) is 9.23. The van der Waals surface area contributed by atoms with Gasteiger partial charge in [0.15, 0.2) is 5.69 Å². The van der Waals surface area contributed by atoms with Crippen molar-refractivity contribution in [3.8, 4) is 6.07 Å². The Bertz CT molecular complexity index is 787. The van der Waals surface area contributed by atoms with Crippen LogP contribution in [0, 0.1) is 11.3 Å². The molecule has 2 N–H and O–H groups in total. The van der Waals surface area contributed by atoms with E-state index in [9.17, 15) is 18.0 Å². The lowest BCUT2D eigenvalue weighted by Crippen LogP contribution is -2.38. The summed E-state index contributed by atoms with van der Waals surface area (Å²) in [5.74, 6) is -0.596. The summed E-state index contributed by atoms with van der Waals surface area (Å²) in [7, 11) is 0. The molecule has 1 aromatic carbocycles. The highest BCUT2D eigenvalue weighted by molar-refractivity contribution is 5.76. The van der Waals surface area contributed by atoms with Crippen molar-refractivity contribution in [1.29, 1.82) is 5.26 Å². The van der Waals surface area contributed by atoms with Crippen LogP contribution in [0.3, 0.4) is 0 Å². The molecule has 0 saturated heterocycles. The van der Waals surface area contributed by atoms with Gasteiger partial charge in [0.05, 0.1) is 17.3 Å². The molecule has 0 fully saturated rings. The first-order chi connectivity index (χ1) is 11.3. The van der Waals surface area contributed by atoms with Gasteiger partial charge in [-0.05, 0) is 23.8 Å². The molecule has 6 nitrogen and oxygen atoms in total. The van der Waals surface area contributed by atoms with E-state index < -0.39 is 17.8 Å². The van der Waals surface area contributed by atoms with Gasteiger partial charge in [0.1, 0.15) is 6.54 Å². The van der Waals surface area contributed by atoms with Gasteiger partial charge in [0, 0.05) is 6.20 Å². The first-order valence-corrected chi connectivity index (χ1v) is 6.64. The van der Waals surface area contributed by atoms with Gasteiger partial charge in [-0.15, -0.1) is 0 Å². The minimum atomic E-state index is -4.55. The fourth-order valence-electron chi connectivity index (χ4n) is 1.75. The van der Waals surface area contributed by atoms with Crippen LogP contribution in [0.4, 0.5) is 13.2 Å². The van der Waals surface area contributed by atoms with Crippen molar-refractivity contribution in [2.24, 2.45) is 0 Å². The summed E-state index contributed by atoms with van der Waals surface area (Å²) in [4.78, 5) is 11.7. The number of nitrogens with one attached hydrogen (secondary N) is 2. The molecule has 24 heavy (non-hydrogen) atoms. The van der Waals surface area contributed by atoms with E-state index in [2.05, 4.69) is 22.5 Å². The second kappa shape index (κ2) is 6.87. The monoisotopic (exact) mass is 335 g/mol. The maximum absolute atomic E-state index is 12.4. The normalized spacial score (nSPS) is 10.8. The molecule has 1 aromatic heterocycles. The molecule has 0 unspecified atom stereocenters. The number of nitrogens with zero attached hydrogens (tertiary/aromatic N) is 3. The fourth-order valence-corrected chi connectivity index (χ4v) is 1.75. The third-order valence-corrected chi connectivity index (χ3v) is 2.95. The van der Waals surface area contributed by atoms with Gasteiger partial charge in [-0.25, -0.2) is 0 Å². The Balaban J connectivity index is 1.87. The fraction of sp³-hybridized carbons (Fsp3) is 0.133. The molecular formula is C15H12F3N5O. The zero-order valence-corrected chi connectivity index (χ0v) is 12.3. The number of rotatable bonds is 5. The number of hydrogen-bond donors (Lipinski definition) is 2. The molecule has 0 radical (unpaired) electrons. The first kappa shape index (κ1) is 17.1. The quantitative estimate of drug-likeness (QED) is 0.820. The van der Waals surface area contributed by atoms with Gasteiger partial charge < -0.3 is 0 Å². The summed E-state index contributed by atoms with van der Waals surface area (Å²) in [5.41, 5.74) is 5.29. The second-order valence-corrected chi connectivity index (χ2v) is 4.74. The van der Waals surface area contributed by atoms with Gasteiger partial charge in [-0.3, -0.25) is 20.3 Å². The molecule has 1 heterocycles. The lowest BCUT2D eigenvalue weighted by atomic mass is 10.1. The number of carbonyl (C=O) groups is 1. The van der Waals surface area contributed by atoms with Crippen LogP contribution < -0.4 is 10.9 Å². The number of aromatic nitrogens is 2. The van der Waals surface area contributed by atoms with Crippen LogP contribution in [0.1, 0.15) is 16.8 Å². The van der Waals surface area contributed by atoms with E-state index in [1.54, 1.807) is 24.3 Å². The van der Waals surface area contributed by atoms with Gasteiger partial charge >= 0.3 is 6.18 Å². The molecule has 2 aromatic rings. The lowest BCUT2D eigenvalue weighted by Gasteiger charge is -2.11. The Labute approximate surface area is 135 Å². The Morgan fingerprint density at radius 2 is 1.92 bits per heavy atom. The van der Waals surface area contributed by atoms with Gasteiger partial charge in [0.25, 0.3) is 5.91 Å². The van der Waals surface area contributed by atoms with Crippen LogP contribution >= 0.6 is 0 Å². The van der Waals surface area contributed by atoms with Gasteiger partial charge in [-0.1, -0.05) is 18.7 Å². The van der Waals surface area contributed by atoms with Crippen LogP contribution in [0.25, 0.3) is 5.70 Å². The van der Waals surface area contributed by atoms with Crippen molar-refractivity contribution in [3.63, 3.8) is 0 Å². The number of nitriles is 1. The van der Waals surface area contributed by atoms with E-state index in [-0.39, 0.29) is 6.54 Å². The van der Waals surface area contributed by atoms with Crippen molar-refractivity contribution in [2.75, 3.05) is 0 Å². The van der Waals surface area contributed by atoms with Crippen molar-refractivity contribution in [2.45, 2.75) is 12.7 Å². The lowest BCUT2D eigenvalue weighted by molar-refractivity contribution is -0.141. The van der Waals surface area contributed by atoms with Crippen LogP contribution in [-0.4, -0.2) is 15.7 Å². The number of amides is 1. The molecule has 2 rings (SSSR count). The first-order valence-electron chi connectivity index (χ1n) is 6.64. The summed E-state index contributed by atoms with van der Waals surface area (Å²) < 4.78 is 38.1. The van der Waals surface area contributed by atoms with Crippen molar-refractivity contribution in [1.82, 2.24) is 20.6 Å². The summed E-state index contributed by atoms with van der Waals surface area (Å²) >= 11 is 0. The van der Waals surface area contributed by atoms with Crippen LogP contribution in [-0.2, 0) is 17.5 Å². The third kappa shape index (κ3) is 4.36. The number of hydrazine groups is 1. The Morgan fingerprint density at radius 1 is 1.25 bits per heavy atom. The highest BCUT2D eigenvalue weighted by Gasteiger charge is 2.33. The standard InChI is InChI=1S/C15H12F3N5O/c1-10(12-4-2-11(8-19)3-5-12)20-21-14(24)9-23-7-6-13(22-23)15(16,17)18/h2-7,20H,1,9H2,(H,21,24). The van der Waals surface area contributed by atoms with Crippen molar-refractivity contribution in [3.05, 3.63) is 59.9 Å². The summed E-state index contributed by atoms with van der Waals surface area (Å²) in [6.45, 7) is 3.33. The van der Waals surface area contributed by atoms with Crippen LogP contribution in [0.5, 0.6) is 0 Å². The highest BCUT2D eigenvalue weighted by Crippen LogP contribution is 2.27. The molecule has 0 aliphatic carbocycles. The highest BCUT2D eigenvalue weighted by atomic mass is 19.4. The Kier molecular flexibility index (Phi) is 4.89. The smallest absolute Gasteiger partial charge is 0.299 e. The molecule has 0 aliphatic heterocycles. The van der Waals surface area contributed by atoms with Crippen LogP contribution in [0.15, 0.2) is 43.1 Å². The molecule has 0 spiro atoms. The molecule has 0 saturated carbocycles. The van der Waals surface area contributed by atoms with Crippen LogP contribution in [0.2, 0.25) is 0 Å². The number of alkyl halides is 3. The van der Waals surface area contributed by atoms with E-state index in [4.69, 9.17) is 5.26 Å². The zero-order chi connectivity index (χ0) is 17.7. The molecule has 0 aliphatic rings. The molecule has 1 amide bonds. The van der Waals surface area contributed by atoms with E-state index in [1.165, 1.54) is 0 Å². The van der Waals surface area contributed by atoms with Gasteiger partial charge in [0.2, 0.25) is 0 Å². The minimum absolute atomic E-state index is 0.365. The predicted octanol–water partition coefficient (Wildman–Crippen LogP) is 2.07. The van der Waals surface area contributed by atoms with E-state index >= 15 is 0 Å². The number of benzene rings is 1. The Hall–Kier alpha value is -3.28. The molecule has 9 heteroatoms. The third-order valence-electron chi connectivity index (χ3n) is 2.95. The maximum atomic E-state index is 12.4. The predicted molar refractivity (Wildman–Crippen MR) is 78.7 cm³/mol. The largest absolute Gasteiger partial charge is 0.435 e. The van der Waals surface area contributed by atoms with E-state index in [0.29, 0.717) is 16.8 Å². The van der Waals surface area contributed by atoms with Crippen molar-refractivity contribution >= 4 is 11.6 Å². The average Bonchev–Trinajstić information content (AvgIpc) is 3.01. The SMILES string of the molecule is C=C(NNC(=O)Cn1ccc(C(F)(F)F)n1)c1ccc(C#N)cc1.